The lowest BCUT2D eigenvalue weighted by Gasteiger charge is -2.33. The van der Waals surface area contributed by atoms with E-state index < -0.39 is 5.97 Å². The molecular weight excluding hydrogens is 228 g/mol. The summed E-state index contributed by atoms with van der Waals surface area (Å²) < 4.78 is 5.88. The number of aliphatic carboxylic acids is 1. The van der Waals surface area contributed by atoms with Crippen LogP contribution < -0.4 is 4.74 Å². The second-order valence-corrected chi connectivity index (χ2v) is 5.00. The highest BCUT2D eigenvalue weighted by Crippen LogP contribution is 2.33. The summed E-state index contributed by atoms with van der Waals surface area (Å²) in [6.07, 6.45) is 3.49. The van der Waals surface area contributed by atoms with Crippen LogP contribution in [0.25, 0.3) is 0 Å². The smallest absolute Gasteiger partial charge is 0.310 e. The highest BCUT2D eigenvalue weighted by molar-refractivity contribution is 5.71. The quantitative estimate of drug-likeness (QED) is 0.888. The zero-order valence-corrected chi connectivity index (χ0v) is 10.7. The van der Waals surface area contributed by atoms with Crippen LogP contribution in [0.5, 0.6) is 5.75 Å². The number of carboxylic acid groups (broad SMARTS) is 1. The van der Waals surface area contributed by atoms with Crippen LogP contribution in [0.3, 0.4) is 0 Å². The van der Waals surface area contributed by atoms with Crippen LogP contribution in [0.4, 0.5) is 0 Å². The average molecular weight is 248 g/mol. The van der Waals surface area contributed by atoms with Gasteiger partial charge in [0.15, 0.2) is 0 Å². The van der Waals surface area contributed by atoms with Gasteiger partial charge in [0.1, 0.15) is 11.9 Å². The van der Waals surface area contributed by atoms with E-state index in [-0.39, 0.29) is 12.0 Å². The fourth-order valence-electron chi connectivity index (χ4n) is 2.67. The van der Waals surface area contributed by atoms with Crippen molar-refractivity contribution in [2.45, 2.75) is 38.7 Å². The largest absolute Gasteiger partial charge is 0.490 e. The number of rotatable bonds is 4. The maximum absolute atomic E-state index is 11.3. The molecule has 0 saturated heterocycles. The lowest BCUT2D eigenvalue weighted by molar-refractivity contribution is -0.147. The van der Waals surface area contributed by atoms with Crippen LogP contribution in [-0.2, 0) is 4.79 Å². The lowest BCUT2D eigenvalue weighted by Crippen LogP contribution is -2.38. The van der Waals surface area contributed by atoms with Crippen LogP contribution >= 0.6 is 0 Å². The third-order valence-electron chi connectivity index (χ3n) is 3.83. The van der Waals surface area contributed by atoms with Crippen LogP contribution in [-0.4, -0.2) is 17.2 Å². The molecule has 98 valence electrons. The Morgan fingerprint density at radius 1 is 1.33 bits per heavy atom. The van der Waals surface area contributed by atoms with Crippen molar-refractivity contribution >= 4 is 5.97 Å². The van der Waals surface area contributed by atoms with Gasteiger partial charge in [0, 0.05) is 0 Å². The molecule has 0 spiro atoms. The third kappa shape index (κ3) is 3.03. The van der Waals surface area contributed by atoms with Crippen LogP contribution in [0.15, 0.2) is 30.3 Å². The molecule has 0 heterocycles. The third-order valence-corrected chi connectivity index (χ3v) is 3.83. The number of carboxylic acids is 1. The maximum atomic E-state index is 11.3. The number of hydrogen-bond acceptors (Lipinski definition) is 2. The molecule has 0 aromatic heterocycles. The van der Waals surface area contributed by atoms with Crippen molar-refractivity contribution < 1.29 is 14.6 Å². The van der Waals surface area contributed by atoms with Crippen LogP contribution in [0, 0.1) is 11.8 Å². The number of hydrogen-bond donors (Lipinski definition) is 1. The van der Waals surface area contributed by atoms with Gasteiger partial charge < -0.3 is 9.84 Å². The highest BCUT2D eigenvalue weighted by Gasteiger charge is 2.35. The Balaban J connectivity index is 2.07. The summed E-state index contributed by atoms with van der Waals surface area (Å²) in [7, 11) is 0. The molecule has 1 N–H and O–H groups in total. The van der Waals surface area contributed by atoms with Gasteiger partial charge in [-0.3, -0.25) is 4.79 Å². The molecule has 3 atom stereocenters. The van der Waals surface area contributed by atoms with Gasteiger partial charge in [0.05, 0.1) is 5.92 Å². The molecule has 2 rings (SSSR count). The van der Waals surface area contributed by atoms with Gasteiger partial charge in [-0.05, 0) is 37.3 Å². The van der Waals surface area contributed by atoms with Gasteiger partial charge in [-0.2, -0.15) is 0 Å². The standard InChI is InChI=1S/C15H20O3/c1-2-11-8-9-13(15(16)17)14(10-11)18-12-6-4-3-5-7-12/h3-7,11,13-14H,2,8-10H2,1H3,(H,16,17). The molecule has 3 heteroatoms. The Bertz CT molecular complexity index is 388. The Morgan fingerprint density at radius 3 is 2.67 bits per heavy atom. The normalized spacial score (nSPS) is 27.7. The molecule has 3 nitrogen and oxygen atoms in total. The molecule has 0 amide bonds. The predicted molar refractivity (Wildman–Crippen MR) is 69.6 cm³/mol. The molecule has 1 aliphatic carbocycles. The van der Waals surface area contributed by atoms with Crippen molar-refractivity contribution in [1.29, 1.82) is 0 Å². The van der Waals surface area contributed by atoms with Crippen molar-refractivity contribution in [3.63, 3.8) is 0 Å². The number of para-hydroxylation sites is 1. The van der Waals surface area contributed by atoms with Crippen molar-refractivity contribution in [3.8, 4) is 5.75 Å². The Hall–Kier alpha value is -1.51. The molecule has 18 heavy (non-hydrogen) atoms. The summed E-state index contributed by atoms with van der Waals surface area (Å²) >= 11 is 0. The number of carbonyl (C=O) groups is 1. The molecule has 1 aliphatic rings. The molecule has 3 unspecified atom stereocenters. The second kappa shape index (κ2) is 5.89. The summed E-state index contributed by atoms with van der Waals surface area (Å²) in [5.74, 6) is 0.262. The molecular formula is C15H20O3. The summed E-state index contributed by atoms with van der Waals surface area (Å²) in [5.41, 5.74) is 0. The molecule has 1 aromatic carbocycles. The molecule has 1 aromatic rings. The van der Waals surface area contributed by atoms with Crippen molar-refractivity contribution in [3.05, 3.63) is 30.3 Å². The number of benzene rings is 1. The minimum Gasteiger partial charge on any atom is -0.490 e. The fourth-order valence-corrected chi connectivity index (χ4v) is 2.67. The fraction of sp³-hybridized carbons (Fsp3) is 0.533. The minimum absolute atomic E-state index is 0.191. The van der Waals surface area contributed by atoms with Crippen molar-refractivity contribution in [2.24, 2.45) is 11.8 Å². The zero-order valence-electron chi connectivity index (χ0n) is 10.7. The van der Waals surface area contributed by atoms with E-state index in [9.17, 15) is 9.90 Å². The van der Waals surface area contributed by atoms with E-state index in [0.29, 0.717) is 5.92 Å². The van der Waals surface area contributed by atoms with Crippen LogP contribution in [0.2, 0.25) is 0 Å². The summed E-state index contributed by atoms with van der Waals surface area (Å²) in [6.45, 7) is 2.16. The zero-order chi connectivity index (χ0) is 13.0. The SMILES string of the molecule is CCC1CCC(C(=O)O)C(Oc2ccccc2)C1. The molecule has 0 bridgehead atoms. The van der Waals surface area contributed by atoms with Crippen LogP contribution in [0.1, 0.15) is 32.6 Å². The number of ether oxygens (including phenoxy) is 1. The Labute approximate surface area is 108 Å². The van der Waals surface area contributed by atoms with E-state index in [2.05, 4.69) is 6.92 Å². The first-order chi connectivity index (χ1) is 8.70. The first kappa shape index (κ1) is 12.9. The van der Waals surface area contributed by atoms with E-state index in [1.54, 1.807) is 0 Å². The van der Waals surface area contributed by atoms with Gasteiger partial charge in [-0.25, -0.2) is 0 Å². The summed E-state index contributed by atoms with van der Waals surface area (Å²) in [6, 6.07) is 9.51. The minimum atomic E-state index is -0.731. The van der Waals surface area contributed by atoms with E-state index in [0.717, 1.165) is 31.4 Å². The van der Waals surface area contributed by atoms with Gasteiger partial charge in [-0.15, -0.1) is 0 Å². The first-order valence-electron chi connectivity index (χ1n) is 6.65. The average Bonchev–Trinajstić information content (AvgIpc) is 2.39. The molecule has 0 radical (unpaired) electrons. The predicted octanol–water partition coefficient (Wildman–Crippen LogP) is 3.34. The monoisotopic (exact) mass is 248 g/mol. The second-order valence-electron chi connectivity index (χ2n) is 5.00. The van der Waals surface area contributed by atoms with Gasteiger partial charge >= 0.3 is 5.97 Å². The molecule has 1 fully saturated rings. The van der Waals surface area contributed by atoms with Crippen molar-refractivity contribution in [1.82, 2.24) is 0 Å². The van der Waals surface area contributed by atoms with E-state index in [1.807, 2.05) is 30.3 Å². The van der Waals surface area contributed by atoms with E-state index in [1.165, 1.54) is 0 Å². The lowest BCUT2D eigenvalue weighted by atomic mass is 9.78. The Morgan fingerprint density at radius 2 is 2.06 bits per heavy atom. The molecule has 1 saturated carbocycles. The van der Waals surface area contributed by atoms with Gasteiger partial charge in [0.25, 0.3) is 0 Å². The topological polar surface area (TPSA) is 46.5 Å². The summed E-state index contributed by atoms with van der Waals surface area (Å²) in [4.78, 5) is 11.3. The van der Waals surface area contributed by atoms with Crippen molar-refractivity contribution in [2.75, 3.05) is 0 Å². The van der Waals surface area contributed by atoms with Gasteiger partial charge in [-0.1, -0.05) is 31.5 Å². The summed E-state index contributed by atoms with van der Waals surface area (Å²) in [5, 5.41) is 9.27. The van der Waals surface area contributed by atoms with E-state index in [4.69, 9.17) is 4.74 Å². The Kier molecular flexibility index (Phi) is 4.24. The highest BCUT2D eigenvalue weighted by atomic mass is 16.5. The first-order valence-corrected chi connectivity index (χ1v) is 6.65. The van der Waals surface area contributed by atoms with Gasteiger partial charge in [0.2, 0.25) is 0 Å². The van der Waals surface area contributed by atoms with E-state index >= 15 is 0 Å². The molecule has 0 aliphatic heterocycles. The maximum Gasteiger partial charge on any atom is 0.310 e.